The Morgan fingerprint density at radius 3 is 2.88 bits per heavy atom. The number of benzene rings is 2. The van der Waals surface area contributed by atoms with E-state index in [0.29, 0.717) is 15.9 Å². The van der Waals surface area contributed by atoms with E-state index in [0.717, 1.165) is 30.0 Å². The lowest BCUT2D eigenvalue weighted by molar-refractivity contribution is -0.113. The number of rotatable bonds is 5. The monoisotopic (exact) mass is 381 g/mol. The third kappa shape index (κ3) is 4.31. The second-order valence-corrected chi connectivity index (χ2v) is 6.19. The van der Waals surface area contributed by atoms with Gasteiger partial charge >= 0.3 is 0 Å². The van der Waals surface area contributed by atoms with Crippen LogP contribution in [0.15, 0.2) is 47.6 Å². The first-order chi connectivity index (χ1) is 12.0. The first-order valence-electron chi connectivity index (χ1n) is 6.95. The molecule has 3 rings (SSSR count). The number of hydrogen-bond acceptors (Lipinski definition) is 5. The van der Waals surface area contributed by atoms with Crippen LogP contribution in [-0.2, 0) is 4.79 Å². The molecule has 6 nitrogen and oxygen atoms in total. The van der Waals surface area contributed by atoms with Crippen LogP contribution in [0.3, 0.4) is 0 Å². The maximum atomic E-state index is 13.5. The average Bonchev–Trinajstić information content (AvgIpc) is 3.05. The summed E-state index contributed by atoms with van der Waals surface area (Å²) in [5.74, 6) is -1.97. The second-order valence-electron chi connectivity index (χ2n) is 4.81. The molecule has 0 saturated heterocycles. The summed E-state index contributed by atoms with van der Waals surface area (Å²) in [6.45, 7) is 0. The zero-order chi connectivity index (χ0) is 17.8. The van der Waals surface area contributed by atoms with Crippen LogP contribution in [0.25, 0.3) is 5.69 Å². The van der Waals surface area contributed by atoms with Crippen molar-refractivity contribution >= 4 is 35.0 Å². The fourth-order valence-corrected chi connectivity index (χ4v) is 2.82. The van der Waals surface area contributed by atoms with Crippen LogP contribution >= 0.6 is 23.4 Å². The molecule has 0 unspecified atom stereocenters. The van der Waals surface area contributed by atoms with Gasteiger partial charge in [0.15, 0.2) is 0 Å². The number of tetrazole rings is 1. The zero-order valence-corrected chi connectivity index (χ0v) is 14.1. The van der Waals surface area contributed by atoms with Crippen molar-refractivity contribution in [3.8, 4) is 5.69 Å². The number of nitrogens with zero attached hydrogens (tertiary/aromatic N) is 4. The summed E-state index contributed by atoms with van der Waals surface area (Å²) in [6, 6.07) is 9.71. The number of carbonyl (C=O) groups excluding carboxylic acids is 1. The summed E-state index contributed by atoms with van der Waals surface area (Å²) in [6.07, 6.45) is 0. The van der Waals surface area contributed by atoms with Gasteiger partial charge in [0.25, 0.3) is 0 Å². The summed E-state index contributed by atoms with van der Waals surface area (Å²) < 4.78 is 28.1. The molecule has 1 aromatic heterocycles. The van der Waals surface area contributed by atoms with Crippen molar-refractivity contribution < 1.29 is 13.6 Å². The lowest BCUT2D eigenvalue weighted by atomic mass is 10.3. The number of thioether (sulfide) groups is 1. The molecular formula is C15H10ClF2N5OS. The summed E-state index contributed by atoms with van der Waals surface area (Å²) >= 11 is 6.99. The highest BCUT2D eigenvalue weighted by Crippen LogP contribution is 2.21. The number of nitrogens with one attached hydrogen (secondary N) is 1. The van der Waals surface area contributed by atoms with Gasteiger partial charge in [-0.1, -0.05) is 29.4 Å². The van der Waals surface area contributed by atoms with Crippen LogP contribution in [0.1, 0.15) is 0 Å². The van der Waals surface area contributed by atoms with Crippen molar-refractivity contribution in [2.45, 2.75) is 5.16 Å². The van der Waals surface area contributed by atoms with Crippen LogP contribution in [0, 0.1) is 11.6 Å². The minimum Gasteiger partial charge on any atom is -0.323 e. The van der Waals surface area contributed by atoms with Gasteiger partial charge in [-0.2, -0.15) is 4.68 Å². The quantitative estimate of drug-likeness (QED) is 0.686. The molecule has 0 atom stereocenters. The van der Waals surface area contributed by atoms with Gasteiger partial charge in [0.2, 0.25) is 11.1 Å². The number of halogens is 3. The standard InChI is InChI=1S/C15H10ClF2N5OS/c16-9-2-1-3-11(6-9)23-15(20-21-22-23)25-8-14(24)19-13-7-10(17)4-5-12(13)18/h1-7H,8H2,(H,19,24). The first kappa shape index (κ1) is 17.3. The van der Waals surface area contributed by atoms with E-state index >= 15 is 0 Å². The van der Waals surface area contributed by atoms with Gasteiger partial charge in [0.1, 0.15) is 11.6 Å². The normalized spacial score (nSPS) is 10.7. The Morgan fingerprint density at radius 2 is 2.08 bits per heavy atom. The van der Waals surface area contributed by atoms with E-state index in [-0.39, 0.29) is 11.4 Å². The summed E-state index contributed by atoms with van der Waals surface area (Å²) in [5.41, 5.74) is 0.414. The minimum absolute atomic E-state index is 0.0864. The first-order valence-corrected chi connectivity index (χ1v) is 8.31. The van der Waals surface area contributed by atoms with E-state index in [4.69, 9.17) is 11.6 Å². The molecule has 10 heteroatoms. The Morgan fingerprint density at radius 1 is 1.24 bits per heavy atom. The van der Waals surface area contributed by atoms with Gasteiger partial charge in [0, 0.05) is 11.1 Å². The third-order valence-electron chi connectivity index (χ3n) is 3.03. The molecular weight excluding hydrogens is 372 g/mol. The van der Waals surface area contributed by atoms with E-state index in [9.17, 15) is 13.6 Å². The Hall–Kier alpha value is -2.52. The maximum Gasteiger partial charge on any atom is 0.234 e. The molecule has 2 aromatic carbocycles. The number of anilines is 1. The molecule has 0 bridgehead atoms. The van der Waals surface area contributed by atoms with E-state index in [1.807, 2.05) is 0 Å². The molecule has 128 valence electrons. The Labute approximate surface area is 150 Å². The van der Waals surface area contributed by atoms with Crippen molar-refractivity contribution in [1.82, 2.24) is 20.2 Å². The van der Waals surface area contributed by atoms with E-state index in [1.54, 1.807) is 24.3 Å². The smallest absolute Gasteiger partial charge is 0.234 e. The number of aromatic nitrogens is 4. The number of hydrogen-bond donors (Lipinski definition) is 1. The van der Waals surface area contributed by atoms with Crippen LogP contribution in [0.2, 0.25) is 5.02 Å². The molecule has 0 aliphatic heterocycles. The fraction of sp³-hybridized carbons (Fsp3) is 0.0667. The zero-order valence-electron chi connectivity index (χ0n) is 12.5. The molecule has 0 spiro atoms. The SMILES string of the molecule is O=C(CSc1nnnn1-c1cccc(Cl)c1)Nc1cc(F)ccc1F. The maximum absolute atomic E-state index is 13.5. The number of carbonyl (C=O) groups is 1. The lowest BCUT2D eigenvalue weighted by Crippen LogP contribution is -2.15. The Kier molecular flexibility index (Phi) is 5.25. The summed E-state index contributed by atoms with van der Waals surface area (Å²) in [7, 11) is 0. The molecule has 0 aliphatic rings. The van der Waals surface area contributed by atoms with Crippen LogP contribution < -0.4 is 5.32 Å². The van der Waals surface area contributed by atoms with Crippen molar-refractivity contribution in [3.63, 3.8) is 0 Å². The van der Waals surface area contributed by atoms with E-state index < -0.39 is 17.5 Å². The number of amides is 1. The van der Waals surface area contributed by atoms with Crippen molar-refractivity contribution in [3.05, 3.63) is 59.1 Å². The van der Waals surface area contributed by atoms with Crippen molar-refractivity contribution in [2.24, 2.45) is 0 Å². The molecule has 0 aliphatic carbocycles. The molecule has 1 amide bonds. The molecule has 25 heavy (non-hydrogen) atoms. The average molecular weight is 382 g/mol. The van der Waals surface area contributed by atoms with Crippen LogP contribution in [0.4, 0.5) is 14.5 Å². The van der Waals surface area contributed by atoms with E-state index in [2.05, 4.69) is 20.8 Å². The summed E-state index contributed by atoms with van der Waals surface area (Å²) in [4.78, 5) is 12.0. The molecule has 1 N–H and O–H groups in total. The Balaban J connectivity index is 1.67. The van der Waals surface area contributed by atoms with Crippen molar-refractivity contribution in [2.75, 3.05) is 11.1 Å². The van der Waals surface area contributed by atoms with Gasteiger partial charge in [-0.15, -0.1) is 5.10 Å². The molecule has 0 radical (unpaired) electrons. The lowest BCUT2D eigenvalue weighted by Gasteiger charge is -2.07. The van der Waals surface area contributed by atoms with Crippen LogP contribution in [0.5, 0.6) is 0 Å². The second kappa shape index (κ2) is 7.58. The highest BCUT2D eigenvalue weighted by atomic mass is 35.5. The van der Waals surface area contributed by atoms with Crippen molar-refractivity contribution in [1.29, 1.82) is 0 Å². The van der Waals surface area contributed by atoms with E-state index in [1.165, 1.54) is 4.68 Å². The minimum atomic E-state index is -0.719. The molecule has 1 heterocycles. The highest BCUT2D eigenvalue weighted by molar-refractivity contribution is 7.99. The van der Waals surface area contributed by atoms with Gasteiger partial charge < -0.3 is 5.32 Å². The molecule has 3 aromatic rings. The fourth-order valence-electron chi connectivity index (χ4n) is 1.95. The largest absolute Gasteiger partial charge is 0.323 e. The van der Waals surface area contributed by atoms with Crippen LogP contribution in [-0.4, -0.2) is 31.9 Å². The topological polar surface area (TPSA) is 72.7 Å². The van der Waals surface area contributed by atoms with Gasteiger partial charge in [-0.05, 0) is 40.8 Å². The van der Waals surface area contributed by atoms with Gasteiger partial charge in [-0.3, -0.25) is 4.79 Å². The highest BCUT2D eigenvalue weighted by Gasteiger charge is 2.13. The van der Waals surface area contributed by atoms with Gasteiger partial charge in [0.05, 0.1) is 17.1 Å². The third-order valence-corrected chi connectivity index (χ3v) is 4.18. The van der Waals surface area contributed by atoms with Gasteiger partial charge in [-0.25, -0.2) is 8.78 Å². The summed E-state index contributed by atoms with van der Waals surface area (Å²) in [5, 5.41) is 14.4. The predicted octanol–water partition coefficient (Wildman–Crippen LogP) is 3.32. The molecule has 0 fully saturated rings. The molecule has 0 saturated carbocycles. The predicted molar refractivity (Wildman–Crippen MR) is 89.9 cm³/mol. The Bertz CT molecular complexity index is 920.